The average Bonchev–Trinajstić information content (AvgIpc) is 2.74. The van der Waals surface area contributed by atoms with Crippen LogP contribution in [-0.4, -0.2) is 53.5 Å². The van der Waals surface area contributed by atoms with E-state index in [-0.39, 0.29) is 18.0 Å². The van der Waals surface area contributed by atoms with Crippen molar-refractivity contribution in [2.75, 3.05) is 25.0 Å². The van der Waals surface area contributed by atoms with Gasteiger partial charge in [-0.25, -0.2) is 10.6 Å². The van der Waals surface area contributed by atoms with Crippen LogP contribution in [0.3, 0.4) is 0 Å². The number of carbonyl (C=O) groups is 2. The summed E-state index contributed by atoms with van der Waals surface area (Å²) in [5.41, 5.74) is 4.52. The number of nitrogens with one attached hydrogen (secondary N) is 2. The van der Waals surface area contributed by atoms with Crippen molar-refractivity contribution in [2.24, 2.45) is 5.84 Å². The van der Waals surface area contributed by atoms with E-state index in [0.29, 0.717) is 18.2 Å². The molecule has 2 aromatic carbocycles. The molecule has 1 aliphatic rings. The highest BCUT2D eigenvalue weighted by Gasteiger charge is 2.31. The second-order valence-corrected chi connectivity index (χ2v) is 7.61. The normalized spacial score (nSPS) is 17.2. The van der Waals surface area contributed by atoms with Gasteiger partial charge >= 0.3 is 6.03 Å². The number of benzene rings is 2. The fourth-order valence-corrected chi connectivity index (χ4v) is 3.65. The van der Waals surface area contributed by atoms with Crippen LogP contribution in [0.2, 0.25) is 0 Å². The van der Waals surface area contributed by atoms with Gasteiger partial charge in [-0.2, -0.15) is 0 Å². The minimum atomic E-state index is -0.316. The molecule has 4 N–H and O–H groups in total. The molecule has 3 amide bonds. The smallest absolute Gasteiger partial charge is 0.319 e. The van der Waals surface area contributed by atoms with Crippen molar-refractivity contribution < 1.29 is 9.59 Å². The number of amides is 3. The third-order valence-corrected chi connectivity index (χ3v) is 5.35. The fourth-order valence-electron chi connectivity index (χ4n) is 3.65. The van der Waals surface area contributed by atoms with Crippen molar-refractivity contribution in [3.8, 4) is 0 Å². The van der Waals surface area contributed by atoms with E-state index < -0.39 is 0 Å². The number of nitrogens with zero attached hydrogens (tertiary/aromatic N) is 2. The Morgan fingerprint density at radius 3 is 2.38 bits per heavy atom. The lowest BCUT2D eigenvalue weighted by atomic mass is 10.00. The molecule has 3 rings (SSSR count). The van der Waals surface area contributed by atoms with Gasteiger partial charge in [-0.1, -0.05) is 30.3 Å². The summed E-state index contributed by atoms with van der Waals surface area (Å²) < 4.78 is 0. The summed E-state index contributed by atoms with van der Waals surface area (Å²) in [5.74, 6) is 4.88. The van der Waals surface area contributed by atoms with Crippen LogP contribution in [0, 0.1) is 0 Å². The maximum atomic E-state index is 13.0. The monoisotopic (exact) mass is 395 g/mol. The lowest BCUT2D eigenvalue weighted by molar-refractivity contribution is 0.0813. The van der Waals surface area contributed by atoms with E-state index in [9.17, 15) is 9.59 Å². The average molecular weight is 396 g/mol. The van der Waals surface area contributed by atoms with Crippen molar-refractivity contribution in [1.82, 2.24) is 15.2 Å². The summed E-state index contributed by atoms with van der Waals surface area (Å²) in [5, 5.41) is 3.00. The predicted molar refractivity (Wildman–Crippen MR) is 114 cm³/mol. The molecule has 1 heterocycles. The number of hydrazine groups is 1. The molecule has 0 aliphatic carbocycles. The highest BCUT2D eigenvalue weighted by molar-refractivity contribution is 5.93. The molecule has 0 saturated carbocycles. The summed E-state index contributed by atoms with van der Waals surface area (Å²) in [6, 6.07) is 17.3. The van der Waals surface area contributed by atoms with Crippen LogP contribution in [0.25, 0.3) is 0 Å². The SMILES string of the molecule is CC(C)N1CCN(C(=O)Nc2ccccc2)C(Cc2ccc(C(=O)NN)cc2)C1. The predicted octanol–water partition coefficient (Wildman–Crippen LogP) is 2.46. The molecule has 1 unspecified atom stereocenters. The van der Waals surface area contributed by atoms with Crippen LogP contribution < -0.4 is 16.6 Å². The largest absolute Gasteiger partial charge is 0.322 e. The van der Waals surface area contributed by atoms with Crippen molar-refractivity contribution in [3.63, 3.8) is 0 Å². The minimum absolute atomic E-state index is 0.0454. The lowest BCUT2D eigenvalue weighted by Gasteiger charge is -2.43. The summed E-state index contributed by atoms with van der Waals surface area (Å²) in [6.07, 6.45) is 0.718. The fraction of sp³-hybridized carbons (Fsp3) is 0.364. The van der Waals surface area contributed by atoms with E-state index in [2.05, 4.69) is 29.5 Å². The molecular formula is C22H29N5O2. The van der Waals surface area contributed by atoms with Crippen LogP contribution in [0.4, 0.5) is 10.5 Å². The first-order valence-corrected chi connectivity index (χ1v) is 9.94. The Morgan fingerprint density at radius 1 is 1.07 bits per heavy atom. The number of anilines is 1. The molecule has 0 bridgehead atoms. The first-order valence-electron chi connectivity index (χ1n) is 9.94. The Bertz CT molecular complexity index is 823. The Hall–Kier alpha value is -2.90. The number of urea groups is 1. The zero-order valence-corrected chi connectivity index (χ0v) is 17.0. The number of hydrogen-bond donors (Lipinski definition) is 3. The topological polar surface area (TPSA) is 90.7 Å². The highest BCUT2D eigenvalue weighted by atomic mass is 16.2. The van der Waals surface area contributed by atoms with Gasteiger partial charge in [-0.05, 0) is 50.1 Å². The van der Waals surface area contributed by atoms with E-state index in [4.69, 9.17) is 5.84 Å². The third-order valence-electron chi connectivity index (χ3n) is 5.35. The van der Waals surface area contributed by atoms with Gasteiger partial charge in [0.2, 0.25) is 0 Å². The van der Waals surface area contributed by atoms with E-state index in [0.717, 1.165) is 30.8 Å². The molecule has 2 aromatic rings. The highest BCUT2D eigenvalue weighted by Crippen LogP contribution is 2.19. The van der Waals surface area contributed by atoms with Crippen molar-refractivity contribution in [1.29, 1.82) is 0 Å². The van der Waals surface area contributed by atoms with Gasteiger partial charge in [-0.15, -0.1) is 0 Å². The molecule has 7 heteroatoms. The standard InChI is InChI=1S/C22H29N5O2/c1-16(2)26-12-13-27(22(29)24-19-6-4-3-5-7-19)20(15-26)14-17-8-10-18(11-9-17)21(28)25-23/h3-11,16,20H,12-15,23H2,1-2H3,(H,24,29)(H,25,28). The second kappa shape index (κ2) is 9.54. The summed E-state index contributed by atoms with van der Waals surface area (Å²) in [4.78, 5) is 28.9. The van der Waals surface area contributed by atoms with Gasteiger partial charge in [0, 0.05) is 36.9 Å². The van der Waals surface area contributed by atoms with Gasteiger partial charge in [0.25, 0.3) is 5.91 Å². The van der Waals surface area contributed by atoms with E-state index in [1.54, 1.807) is 12.1 Å². The van der Waals surface area contributed by atoms with Crippen LogP contribution >= 0.6 is 0 Å². The maximum Gasteiger partial charge on any atom is 0.322 e. The zero-order valence-electron chi connectivity index (χ0n) is 17.0. The minimum Gasteiger partial charge on any atom is -0.319 e. The van der Waals surface area contributed by atoms with Crippen molar-refractivity contribution in [3.05, 3.63) is 65.7 Å². The quantitative estimate of drug-likeness (QED) is 0.412. The summed E-state index contributed by atoms with van der Waals surface area (Å²) in [7, 11) is 0. The van der Waals surface area contributed by atoms with Gasteiger partial charge in [0.05, 0.1) is 6.04 Å². The molecule has 1 saturated heterocycles. The Kier molecular flexibility index (Phi) is 6.85. The van der Waals surface area contributed by atoms with Gasteiger partial charge in [-0.3, -0.25) is 15.1 Å². The zero-order chi connectivity index (χ0) is 20.8. The van der Waals surface area contributed by atoms with E-state index in [1.165, 1.54) is 0 Å². The summed E-state index contributed by atoms with van der Waals surface area (Å²) in [6.45, 7) is 6.69. The molecule has 7 nitrogen and oxygen atoms in total. The number of carbonyl (C=O) groups excluding carboxylic acids is 2. The molecule has 1 aliphatic heterocycles. The molecule has 0 aromatic heterocycles. The second-order valence-electron chi connectivity index (χ2n) is 7.61. The lowest BCUT2D eigenvalue weighted by Crippen LogP contribution is -2.58. The van der Waals surface area contributed by atoms with Crippen LogP contribution in [-0.2, 0) is 6.42 Å². The van der Waals surface area contributed by atoms with E-state index >= 15 is 0 Å². The number of piperazine rings is 1. The van der Waals surface area contributed by atoms with Gasteiger partial charge in [0.15, 0.2) is 0 Å². The van der Waals surface area contributed by atoms with Crippen LogP contribution in [0.1, 0.15) is 29.8 Å². The van der Waals surface area contributed by atoms with Crippen LogP contribution in [0.5, 0.6) is 0 Å². The number of hydrogen-bond acceptors (Lipinski definition) is 4. The van der Waals surface area contributed by atoms with Crippen LogP contribution in [0.15, 0.2) is 54.6 Å². The summed E-state index contributed by atoms with van der Waals surface area (Å²) >= 11 is 0. The third kappa shape index (κ3) is 5.34. The first-order chi connectivity index (χ1) is 14.0. The molecular weight excluding hydrogens is 366 g/mol. The molecule has 0 spiro atoms. The molecule has 29 heavy (non-hydrogen) atoms. The van der Waals surface area contributed by atoms with Crippen molar-refractivity contribution in [2.45, 2.75) is 32.4 Å². The molecule has 1 atom stereocenters. The Labute approximate surface area is 171 Å². The molecule has 154 valence electrons. The van der Waals surface area contributed by atoms with Crippen molar-refractivity contribution >= 4 is 17.6 Å². The molecule has 1 fully saturated rings. The number of para-hydroxylation sites is 1. The maximum absolute atomic E-state index is 13.0. The Balaban J connectivity index is 1.74. The first kappa shape index (κ1) is 20.8. The van der Waals surface area contributed by atoms with E-state index in [1.807, 2.05) is 47.4 Å². The van der Waals surface area contributed by atoms with Gasteiger partial charge in [0.1, 0.15) is 0 Å². The Morgan fingerprint density at radius 2 is 1.76 bits per heavy atom. The number of rotatable bonds is 5. The number of nitrogen functional groups attached to an aromatic ring is 1. The number of nitrogens with two attached hydrogens (primary N) is 1. The molecule has 0 radical (unpaired) electrons. The van der Waals surface area contributed by atoms with Gasteiger partial charge < -0.3 is 10.2 Å².